The molecule has 3 fully saturated rings. The summed E-state index contributed by atoms with van der Waals surface area (Å²) in [5.41, 5.74) is -0.631. The highest BCUT2D eigenvalue weighted by atomic mass is 16.8. The van der Waals surface area contributed by atoms with Crippen molar-refractivity contribution in [3.05, 3.63) is 23.8 Å². The number of aliphatic hydroxyl groups excluding tert-OH is 2. The summed E-state index contributed by atoms with van der Waals surface area (Å²) in [7, 11) is 1.69. The number of likely N-dealkylation sites (N-methyl/N-ethyl adjacent to an activating group) is 1. The van der Waals surface area contributed by atoms with Crippen LogP contribution in [0.3, 0.4) is 0 Å². The Morgan fingerprint density at radius 2 is 1.83 bits per heavy atom. The molecule has 5 N–H and O–H groups in total. The monoisotopic (exact) mass is 495 g/mol. The number of hydrogen-bond donors (Lipinski definition) is 5. The van der Waals surface area contributed by atoms with Crippen LogP contribution in [0.25, 0.3) is 0 Å². The van der Waals surface area contributed by atoms with Gasteiger partial charge in [-0.25, -0.2) is 0 Å². The molecule has 1 saturated carbocycles. The largest absolute Gasteiger partial charge is 0.454 e. The lowest BCUT2D eigenvalue weighted by molar-refractivity contribution is -0.485. The van der Waals surface area contributed by atoms with Gasteiger partial charge in [0.2, 0.25) is 18.9 Å². The summed E-state index contributed by atoms with van der Waals surface area (Å²) in [4.78, 5) is 0. The molecule has 0 aromatic heterocycles. The highest BCUT2D eigenvalue weighted by Crippen LogP contribution is 2.49. The van der Waals surface area contributed by atoms with Crippen molar-refractivity contribution in [1.82, 2.24) is 5.32 Å². The van der Waals surface area contributed by atoms with Gasteiger partial charge in [-0.05, 0) is 57.4 Å². The van der Waals surface area contributed by atoms with Crippen LogP contribution in [-0.2, 0) is 20.6 Å². The highest BCUT2D eigenvalue weighted by Gasteiger charge is 2.68. The second-order valence-electron chi connectivity index (χ2n) is 10.3. The zero-order valence-corrected chi connectivity index (χ0v) is 20.4. The fraction of sp³-hybridized carbons (Fsp3) is 0.760. The first-order chi connectivity index (χ1) is 16.7. The lowest BCUT2D eigenvalue weighted by Gasteiger charge is -2.60. The Hall–Kier alpha value is -1.50. The summed E-state index contributed by atoms with van der Waals surface area (Å²) in [6.45, 7) is 3.91. The molecule has 10 nitrogen and oxygen atoms in total. The summed E-state index contributed by atoms with van der Waals surface area (Å²) < 4.78 is 29.0. The molecule has 3 unspecified atom stereocenters. The summed E-state index contributed by atoms with van der Waals surface area (Å²) in [6, 6.07) is 5.15. The number of fused-ring (bicyclic) bond motifs is 3. The van der Waals surface area contributed by atoms with E-state index in [9.17, 15) is 20.4 Å². The van der Waals surface area contributed by atoms with Crippen molar-refractivity contribution >= 4 is 0 Å². The first-order valence-electron chi connectivity index (χ1n) is 12.6. The van der Waals surface area contributed by atoms with Crippen LogP contribution < -0.4 is 14.8 Å². The van der Waals surface area contributed by atoms with E-state index in [4.69, 9.17) is 23.7 Å². The van der Waals surface area contributed by atoms with Crippen LogP contribution in [0.2, 0.25) is 0 Å². The summed E-state index contributed by atoms with van der Waals surface area (Å²) in [5.74, 6) is -1.17. The van der Waals surface area contributed by atoms with Crippen molar-refractivity contribution in [2.24, 2.45) is 5.92 Å². The van der Waals surface area contributed by atoms with Gasteiger partial charge in [-0.3, -0.25) is 0 Å². The number of aliphatic hydroxyl groups is 4. The summed E-state index contributed by atoms with van der Waals surface area (Å²) in [6.07, 6.45) is -3.16. The molecular weight excluding hydrogens is 458 g/mol. The first kappa shape index (κ1) is 25.2. The Bertz CT molecular complexity index is 917. The molecule has 3 aliphatic heterocycles. The molecule has 10 atom stereocenters. The van der Waals surface area contributed by atoms with Crippen molar-refractivity contribution in [3.8, 4) is 11.5 Å². The molecule has 1 aromatic carbocycles. The van der Waals surface area contributed by atoms with E-state index in [1.165, 1.54) is 0 Å². The number of ether oxygens (including phenoxy) is 5. The molecule has 0 radical (unpaired) electrons. The summed E-state index contributed by atoms with van der Waals surface area (Å²) in [5, 5.41) is 48.4. The lowest BCUT2D eigenvalue weighted by atomic mass is 9.73. The van der Waals surface area contributed by atoms with Crippen LogP contribution >= 0.6 is 0 Å². The van der Waals surface area contributed by atoms with E-state index in [1.807, 2.05) is 32.0 Å². The van der Waals surface area contributed by atoms with Crippen LogP contribution in [0.1, 0.15) is 45.1 Å². The van der Waals surface area contributed by atoms with E-state index in [1.54, 1.807) is 7.05 Å². The molecule has 5 rings (SSSR count). The van der Waals surface area contributed by atoms with Crippen molar-refractivity contribution in [2.75, 3.05) is 13.8 Å². The Morgan fingerprint density at radius 3 is 2.57 bits per heavy atom. The summed E-state index contributed by atoms with van der Waals surface area (Å²) >= 11 is 0. The number of hydrogen-bond acceptors (Lipinski definition) is 10. The molecule has 196 valence electrons. The topological polar surface area (TPSA) is 139 Å². The maximum atomic E-state index is 11.8. The molecule has 3 heterocycles. The molecule has 0 bridgehead atoms. The normalized spacial score (nSPS) is 44.5. The minimum Gasteiger partial charge on any atom is -0.454 e. The molecule has 1 aliphatic carbocycles. The third-order valence-corrected chi connectivity index (χ3v) is 8.12. The maximum Gasteiger partial charge on any atom is 0.248 e. The second-order valence-corrected chi connectivity index (χ2v) is 10.3. The fourth-order valence-corrected chi connectivity index (χ4v) is 6.22. The predicted octanol–water partition coefficient (Wildman–Crippen LogP) is 0.426. The van der Waals surface area contributed by atoms with Gasteiger partial charge in [0, 0.05) is 12.3 Å². The minimum atomic E-state index is -2.16. The van der Waals surface area contributed by atoms with Crippen LogP contribution in [0.4, 0.5) is 0 Å². The molecule has 4 aliphatic rings. The van der Waals surface area contributed by atoms with Gasteiger partial charge in [-0.2, -0.15) is 0 Å². The Kier molecular flexibility index (Phi) is 6.77. The molecule has 0 amide bonds. The van der Waals surface area contributed by atoms with Crippen LogP contribution in [0.5, 0.6) is 11.5 Å². The number of nitrogens with one attached hydrogen (secondary N) is 1. The van der Waals surface area contributed by atoms with E-state index in [2.05, 4.69) is 5.32 Å². The van der Waals surface area contributed by atoms with Crippen molar-refractivity contribution in [1.29, 1.82) is 0 Å². The second kappa shape index (κ2) is 9.42. The quantitative estimate of drug-likeness (QED) is 0.377. The molecule has 2 saturated heterocycles. The van der Waals surface area contributed by atoms with Gasteiger partial charge in [-0.1, -0.05) is 13.0 Å². The predicted molar refractivity (Wildman–Crippen MR) is 123 cm³/mol. The smallest absolute Gasteiger partial charge is 0.248 e. The van der Waals surface area contributed by atoms with Gasteiger partial charge in [-0.15, -0.1) is 0 Å². The Morgan fingerprint density at radius 1 is 1.06 bits per heavy atom. The molecule has 1 aromatic rings. The average Bonchev–Trinajstić information content (AvgIpc) is 3.28. The highest BCUT2D eigenvalue weighted by molar-refractivity contribution is 5.44. The van der Waals surface area contributed by atoms with Crippen molar-refractivity contribution in [2.45, 2.75) is 100 Å². The molecule has 35 heavy (non-hydrogen) atoms. The van der Waals surface area contributed by atoms with E-state index < -0.39 is 60.2 Å². The van der Waals surface area contributed by atoms with Crippen molar-refractivity contribution in [3.63, 3.8) is 0 Å². The maximum absolute atomic E-state index is 11.8. The number of aryl methyl sites for hydroxylation is 1. The van der Waals surface area contributed by atoms with Gasteiger partial charge in [0.15, 0.2) is 11.5 Å². The Balaban J connectivity index is 1.35. The van der Waals surface area contributed by atoms with Crippen LogP contribution in [-0.4, -0.2) is 88.5 Å². The van der Waals surface area contributed by atoms with Gasteiger partial charge >= 0.3 is 0 Å². The van der Waals surface area contributed by atoms with Crippen molar-refractivity contribution < 1.29 is 44.1 Å². The minimum absolute atomic E-state index is 0.148. The zero-order chi connectivity index (χ0) is 25.0. The molecular formula is C25H37NO9. The van der Waals surface area contributed by atoms with Gasteiger partial charge in [0.25, 0.3) is 0 Å². The molecule has 0 spiro atoms. The van der Waals surface area contributed by atoms with Crippen LogP contribution in [0, 0.1) is 5.92 Å². The third-order valence-electron chi connectivity index (χ3n) is 8.12. The lowest BCUT2D eigenvalue weighted by Crippen LogP contribution is -2.78. The standard InChI is InChI=1S/C25H37NO9/c1-4-15-19(27)18(26-3)21-22(20(15)28)34-23-25(30,35-21)24(29,11-13(2)33-23)9-5-6-14-7-8-16-17(10-14)32-12-31-16/h7-8,10,13,15,18-23,26-30H,4-6,9,11-12H2,1-3H3/t13-,15-,18+,19+,20+,21?,22?,23?,24+,25-/m1/s1. The number of benzene rings is 1. The first-order valence-corrected chi connectivity index (χ1v) is 12.6. The van der Waals surface area contributed by atoms with Gasteiger partial charge in [0.1, 0.15) is 17.8 Å². The van der Waals surface area contributed by atoms with E-state index in [0.29, 0.717) is 30.8 Å². The zero-order valence-electron chi connectivity index (χ0n) is 20.4. The van der Waals surface area contributed by atoms with Gasteiger partial charge in [0.05, 0.1) is 24.4 Å². The third kappa shape index (κ3) is 4.14. The Labute approximate surface area is 205 Å². The molecule has 10 heteroatoms. The number of rotatable bonds is 6. The fourth-order valence-electron chi connectivity index (χ4n) is 6.22. The SMILES string of the molecule is CC[C@@H]1[C@H](O)[C@H](NC)C2O[C@]3(O)C(OC2[C@H]1O)O[C@H](C)C[C@@]3(O)CCCc1ccc2c(c1)OCO2. The average molecular weight is 496 g/mol. The van der Waals surface area contributed by atoms with E-state index >= 15 is 0 Å². The van der Waals surface area contributed by atoms with E-state index in [-0.39, 0.29) is 19.6 Å². The van der Waals surface area contributed by atoms with Crippen LogP contribution in [0.15, 0.2) is 18.2 Å². The van der Waals surface area contributed by atoms with E-state index in [0.717, 1.165) is 5.56 Å². The van der Waals surface area contributed by atoms with Gasteiger partial charge < -0.3 is 49.4 Å².